The van der Waals surface area contributed by atoms with E-state index in [4.69, 9.17) is 4.52 Å². The van der Waals surface area contributed by atoms with Crippen LogP contribution in [0, 0.1) is 0 Å². The van der Waals surface area contributed by atoms with E-state index in [1.54, 1.807) is 17.0 Å². The lowest BCUT2D eigenvalue weighted by Crippen LogP contribution is -2.30. The normalized spacial score (nSPS) is 16.2. The number of aryl methyl sites for hydroxylation is 1. The number of benzene rings is 1. The highest BCUT2D eigenvalue weighted by Gasteiger charge is 2.34. The lowest BCUT2D eigenvalue weighted by Gasteiger charge is -2.22. The van der Waals surface area contributed by atoms with Crippen molar-refractivity contribution >= 4 is 11.6 Å². The summed E-state index contributed by atoms with van der Waals surface area (Å²) >= 11 is 0. The molecule has 5 rings (SSSR count). The lowest BCUT2D eigenvalue weighted by atomic mass is 10.1. The van der Waals surface area contributed by atoms with Gasteiger partial charge in [-0.15, -0.1) is 0 Å². The summed E-state index contributed by atoms with van der Waals surface area (Å²) in [5.41, 5.74) is 1.77. The molecule has 0 spiro atoms. The van der Waals surface area contributed by atoms with Crippen molar-refractivity contribution in [2.75, 3.05) is 6.54 Å². The summed E-state index contributed by atoms with van der Waals surface area (Å²) < 4.78 is 34.2. The van der Waals surface area contributed by atoms with E-state index in [1.807, 2.05) is 24.3 Å². The van der Waals surface area contributed by atoms with E-state index in [2.05, 4.69) is 22.2 Å². The van der Waals surface area contributed by atoms with Crippen LogP contribution in [0.25, 0.3) is 16.9 Å². The van der Waals surface area contributed by atoms with Gasteiger partial charge in [-0.3, -0.25) is 4.79 Å². The van der Waals surface area contributed by atoms with Gasteiger partial charge in [-0.25, -0.2) is 18.3 Å². The molecule has 1 atom stereocenters. The van der Waals surface area contributed by atoms with Gasteiger partial charge in [0.05, 0.1) is 17.9 Å². The number of alkyl halides is 2. The second-order valence-corrected chi connectivity index (χ2v) is 8.15. The molecule has 0 saturated carbocycles. The molecule has 1 amide bonds. The summed E-state index contributed by atoms with van der Waals surface area (Å²) in [4.78, 5) is 19.8. The first-order chi connectivity index (χ1) is 16.1. The molecule has 33 heavy (non-hydrogen) atoms. The van der Waals surface area contributed by atoms with Gasteiger partial charge in [-0.05, 0) is 25.3 Å². The largest absolute Gasteiger partial charge is 0.361 e. The summed E-state index contributed by atoms with van der Waals surface area (Å²) in [6.07, 6.45) is 1.85. The Morgan fingerprint density at radius 3 is 2.82 bits per heavy atom. The molecule has 1 aliphatic heterocycles. The molecule has 4 aromatic rings. The Kier molecular flexibility index (Phi) is 5.62. The molecule has 9 heteroatoms. The van der Waals surface area contributed by atoms with Gasteiger partial charge < -0.3 is 9.42 Å². The number of hydrogen-bond donors (Lipinski definition) is 0. The molecule has 1 aliphatic rings. The van der Waals surface area contributed by atoms with Gasteiger partial charge in [0, 0.05) is 24.6 Å². The van der Waals surface area contributed by atoms with E-state index in [0.29, 0.717) is 23.5 Å². The van der Waals surface area contributed by atoms with Crippen molar-refractivity contribution in [3.8, 4) is 11.3 Å². The third-order valence-electron chi connectivity index (χ3n) is 5.95. The smallest absolute Gasteiger partial charge is 0.280 e. The van der Waals surface area contributed by atoms with Gasteiger partial charge in [0.2, 0.25) is 0 Å². The Morgan fingerprint density at radius 2 is 2.06 bits per heavy atom. The van der Waals surface area contributed by atoms with Crippen LogP contribution < -0.4 is 0 Å². The molecule has 1 unspecified atom stereocenters. The van der Waals surface area contributed by atoms with Crippen molar-refractivity contribution in [3.05, 3.63) is 71.4 Å². The summed E-state index contributed by atoms with van der Waals surface area (Å²) in [5.74, 6) is 0.490. The zero-order valence-electron chi connectivity index (χ0n) is 18.1. The minimum absolute atomic E-state index is 0.120. The fourth-order valence-corrected chi connectivity index (χ4v) is 4.37. The number of amides is 1. The van der Waals surface area contributed by atoms with Crippen LogP contribution in [-0.2, 0) is 6.42 Å². The van der Waals surface area contributed by atoms with Crippen molar-refractivity contribution in [3.63, 3.8) is 0 Å². The molecule has 170 valence electrons. The monoisotopic (exact) mass is 451 g/mol. The first kappa shape index (κ1) is 21.2. The van der Waals surface area contributed by atoms with E-state index in [1.165, 1.54) is 12.3 Å². The molecule has 0 radical (unpaired) electrons. The number of carbonyl (C=O) groups is 1. The van der Waals surface area contributed by atoms with Crippen LogP contribution in [0.15, 0.2) is 53.2 Å². The van der Waals surface area contributed by atoms with E-state index in [9.17, 15) is 13.6 Å². The van der Waals surface area contributed by atoms with Crippen LogP contribution in [0.2, 0.25) is 0 Å². The van der Waals surface area contributed by atoms with Crippen LogP contribution in [0.1, 0.15) is 66.2 Å². The molecule has 3 aromatic heterocycles. The number of aromatic nitrogens is 4. The van der Waals surface area contributed by atoms with Gasteiger partial charge in [0.15, 0.2) is 5.65 Å². The first-order valence-electron chi connectivity index (χ1n) is 11.1. The van der Waals surface area contributed by atoms with Crippen LogP contribution in [0.3, 0.4) is 0 Å². The zero-order valence-corrected chi connectivity index (χ0v) is 18.1. The second-order valence-electron chi connectivity index (χ2n) is 8.15. The molecular weight excluding hydrogens is 428 g/mol. The van der Waals surface area contributed by atoms with Crippen LogP contribution in [0.5, 0.6) is 0 Å². The SMILES string of the molecule is CCCc1cc(C2CCCN2C(=O)c2cnn3c(C(F)F)cc(-c4ccccc4)nc23)no1. The summed E-state index contributed by atoms with van der Waals surface area (Å²) in [6, 6.07) is 12.0. The topological polar surface area (TPSA) is 76.5 Å². The average molecular weight is 451 g/mol. The first-order valence-corrected chi connectivity index (χ1v) is 11.1. The van der Waals surface area contributed by atoms with Crippen molar-refractivity contribution in [1.82, 2.24) is 24.7 Å². The second kappa shape index (κ2) is 8.73. The number of nitrogens with zero attached hydrogens (tertiary/aromatic N) is 5. The highest BCUT2D eigenvalue weighted by atomic mass is 19.3. The molecule has 7 nitrogen and oxygen atoms in total. The Morgan fingerprint density at radius 1 is 1.24 bits per heavy atom. The van der Waals surface area contributed by atoms with Crippen molar-refractivity contribution in [2.45, 2.75) is 45.1 Å². The molecule has 1 aromatic carbocycles. The Balaban J connectivity index is 1.55. The maximum absolute atomic E-state index is 13.8. The van der Waals surface area contributed by atoms with Crippen molar-refractivity contribution in [2.24, 2.45) is 0 Å². The molecule has 0 aliphatic carbocycles. The lowest BCUT2D eigenvalue weighted by molar-refractivity contribution is 0.0732. The highest BCUT2D eigenvalue weighted by molar-refractivity contribution is 6.00. The van der Waals surface area contributed by atoms with Crippen LogP contribution >= 0.6 is 0 Å². The Hall–Kier alpha value is -3.62. The van der Waals surface area contributed by atoms with E-state index < -0.39 is 6.43 Å². The minimum Gasteiger partial charge on any atom is -0.361 e. The van der Waals surface area contributed by atoms with Gasteiger partial charge in [0.1, 0.15) is 22.7 Å². The summed E-state index contributed by atoms with van der Waals surface area (Å²) in [6.45, 7) is 2.60. The number of rotatable bonds is 6. The maximum Gasteiger partial charge on any atom is 0.280 e. The molecule has 0 bridgehead atoms. The van der Waals surface area contributed by atoms with Crippen molar-refractivity contribution < 1.29 is 18.1 Å². The predicted octanol–water partition coefficient (Wildman–Crippen LogP) is 5.25. The number of likely N-dealkylation sites (tertiary alicyclic amines) is 1. The van der Waals surface area contributed by atoms with Gasteiger partial charge >= 0.3 is 0 Å². The van der Waals surface area contributed by atoms with Gasteiger partial charge in [-0.1, -0.05) is 42.4 Å². The predicted molar refractivity (Wildman–Crippen MR) is 117 cm³/mol. The maximum atomic E-state index is 13.8. The molecule has 4 heterocycles. The van der Waals surface area contributed by atoms with Crippen LogP contribution in [0.4, 0.5) is 8.78 Å². The molecule has 0 N–H and O–H groups in total. The van der Waals surface area contributed by atoms with E-state index >= 15 is 0 Å². The van der Waals surface area contributed by atoms with E-state index in [0.717, 1.165) is 36.0 Å². The third-order valence-corrected chi connectivity index (χ3v) is 5.95. The zero-order chi connectivity index (χ0) is 22.9. The molecular formula is C24H23F2N5O2. The number of hydrogen-bond acceptors (Lipinski definition) is 5. The molecule has 1 saturated heterocycles. The quantitative estimate of drug-likeness (QED) is 0.400. The van der Waals surface area contributed by atoms with Crippen molar-refractivity contribution in [1.29, 1.82) is 0 Å². The fourth-order valence-electron chi connectivity index (χ4n) is 4.37. The average Bonchev–Trinajstić information content (AvgIpc) is 3.58. The summed E-state index contributed by atoms with van der Waals surface area (Å²) in [5, 5.41) is 8.27. The van der Waals surface area contributed by atoms with Gasteiger partial charge in [-0.2, -0.15) is 5.10 Å². The number of fused-ring (bicyclic) bond motifs is 1. The fraction of sp³-hybridized carbons (Fsp3) is 0.333. The Labute approximate surface area is 189 Å². The number of carbonyl (C=O) groups excluding carboxylic acids is 1. The minimum atomic E-state index is -2.77. The molecule has 1 fully saturated rings. The van der Waals surface area contributed by atoms with E-state index in [-0.39, 0.29) is 28.9 Å². The van der Waals surface area contributed by atoms with Gasteiger partial charge in [0.25, 0.3) is 12.3 Å². The Bertz CT molecular complexity index is 1280. The third kappa shape index (κ3) is 3.88. The highest BCUT2D eigenvalue weighted by Crippen LogP contribution is 2.34. The standard InChI is InChI=1S/C24H23F2N5O2/c1-2-7-16-12-19(29-33-16)20-10-6-11-30(20)24(32)17-14-27-31-21(22(25)26)13-18(28-23(17)31)15-8-4-3-5-9-15/h3-5,8-9,12-14,20,22H,2,6-7,10-11H2,1H3. The summed E-state index contributed by atoms with van der Waals surface area (Å²) in [7, 11) is 0. The number of halogens is 2. The van der Waals surface area contributed by atoms with Crippen LogP contribution in [-0.4, -0.2) is 37.1 Å².